The van der Waals surface area contributed by atoms with Crippen LogP contribution in [0.4, 0.5) is 0 Å². The van der Waals surface area contributed by atoms with E-state index in [4.69, 9.17) is 31.5 Å². The Balaban J connectivity index is -0.0000000991. The zero-order chi connectivity index (χ0) is 112. The lowest BCUT2D eigenvalue weighted by molar-refractivity contribution is -0.131. The number of likely N-dealkylation sites (N-methyl/N-ethyl adjacent to an activating group) is 1. The van der Waals surface area contributed by atoms with Crippen LogP contribution in [-0.4, -0.2) is 156 Å². The SMILES string of the molecule is C.C/C=C/C(=O)C(C)(C)C.C=C/C(=N\O)C(C)(C)C.C=CC(=N)C(C)(C)C.C=CC(=NC#N)C(C)(C)C.C=CC(=O)C(C)(C)C.C=CC(=O)N(CCO)C(C)(C)C.C=CC(=O)NC(C)(C)C.C=CS(=O)(=O)C(C)(C)C.C=CS(=O)(=O)NC(C)(C)C.CC(C)/C=C(\C#N)C(=O)C(C)(C)C.CCC(C)(C)/C=C(\C#N)C(=O)C(C)(C)C.CCC/C=C/C(=O)C(C)(C)C.CN(C)C/C=C/C(=O)C(C)(C)C. The number of unbranched alkanes of at least 4 members (excludes halogenated alkanes) is 1. The van der Waals surface area contributed by atoms with E-state index < -0.39 is 41.0 Å². The van der Waals surface area contributed by atoms with Crippen LogP contribution in [0.25, 0.3) is 0 Å². The molecule has 0 heterocycles. The second-order valence-electron chi connectivity index (χ2n) is 45.4. The number of β-amino-alcohol motifs (C(OH)–C–C–N with tert-alkyl or cyclic N) is 1. The van der Waals surface area contributed by atoms with Gasteiger partial charge in [0.25, 0.3) is 0 Å². The number of allylic oxidation sites excluding steroid dienone is 13. The zero-order valence-electron chi connectivity index (χ0n) is 94.0. The van der Waals surface area contributed by atoms with Crippen LogP contribution in [0.1, 0.15) is 345 Å². The van der Waals surface area contributed by atoms with Crippen LogP contribution < -0.4 is 10.0 Å². The number of carbonyl (C=O) groups is 8. The smallest absolute Gasteiger partial charge is 0.246 e. The molecule has 0 saturated carbocycles. The van der Waals surface area contributed by atoms with Crippen molar-refractivity contribution in [3.63, 3.8) is 0 Å². The summed E-state index contributed by atoms with van der Waals surface area (Å²) in [6.07, 6.45) is 27.5. The average molecular weight is 1950 g/mol. The summed E-state index contributed by atoms with van der Waals surface area (Å²) in [6.45, 7) is 116. The average Bonchev–Trinajstić information content (AvgIpc) is 0.852. The molecular weight excluding hydrogens is 1750 g/mol. The van der Waals surface area contributed by atoms with Gasteiger partial charge in [0.05, 0.1) is 33.9 Å². The fourth-order valence-corrected chi connectivity index (χ4v) is 8.82. The molecule has 0 saturated heterocycles. The first-order valence-electron chi connectivity index (χ1n) is 45.1. The van der Waals surface area contributed by atoms with E-state index in [2.05, 4.69) is 79.7 Å². The van der Waals surface area contributed by atoms with Crippen molar-refractivity contribution in [2.45, 2.75) is 367 Å². The third-order valence-electron chi connectivity index (χ3n) is 16.2. The Bertz CT molecular complexity index is 4240. The molecule has 0 radical (unpaired) electrons. The summed E-state index contributed by atoms with van der Waals surface area (Å²) in [5.41, 5.74) is -0.483. The van der Waals surface area contributed by atoms with E-state index in [0.717, 1.165) is 42.3 Å². The maximum absolute atomic E-state index is 11.9. The van der Waals surface area contributed by atoms with Crippen molar-refractivity contribution in [3.05, 3.63) is 160 Å². The molecular formula is C110H198N10O14S2. The van der Waals surface area contributed by atoms with Gasteiger partial charge in [-0.05, 0) is 183 Å². The standard InChI is InChI=1S/C13H21NO.C11H17NO.C10H19NO.C10H18O.C9H17NO2.C8H12N2.C8H14O.2C7H13NO.C7H13N.C7H12O.C6H13NO2S.C6H12O2S.CH4/c1-7-13(5,6)8-10(9-14)11(15)12(2,3)4;1-8(2)6-9(7-12)10(13)11(3,4)5;1-10(2,3)9(12)7-6-8-11(4)5;1-5-6-7-8-9(11)10(2,3)4;1-5-8(12)10(6-7-11)9(2,3)4;1-5-7(10-6-9)8(2,3)4;1-5-6-7(9)8(2,3)4;1-5-6(9)8-7(2,3)4;1-5-6(8-9)7(2,3)4;2*1-5-6(8)7(2,3)4;1-5-10(8,9)7-6(2,3)4;1-5-9(7,8)6(2,3)4;/h8H,7H2,1-6H3;6,8H,1-5H3;6-7H,8H2,1-5H3;7-8H,5-6H2,1-4H3;5,11H,1,6-7H2,2-4H3;5H,1H2,2-4H3;5-6H,1-4H3;5H,1H2,2-4H3,(H,8,9);5,9H,1H2,2-4H3;5,8H,1H2,2-4H3;5H,1H2,2-4H3;5,7H,1H2,2-4H3;5H,1H2,2-4H3;1H4/b10-8+;9-6+;7-6+;8-7+;;;6-5+;;8-6+;;;;;. The number of carbonyl (C=O) groups excluding carboxylic acids is 8. The van der Waals surface area contributed by atoms with Crippen molar-refractivity contribution in [2.24, 2.45) is 70.2 Å². The van der Waals surface area contributed by atoms with E-state index in [1.165, 1.54) is 18.2 Å². The molecule has 0 aliphatic carbocycles. The molecule has 26 heteroatoms. The Kier molecular flexibility index (Phi) is 84.4. The van der Waals surface area contributed by atoms with Crippen molar-refractivity contribution in [3.8, 4) is 18.3 Å². The highest BCUT2D eigenvalue weighted by Crippen LogP contribution is 2.28. The third kappa shape index (κ3) is 99.1. The number of nitriles is 3. The molecule has 0 atom stereocenters. The summed E-state index contributed by atoms with van der Waals surface area (Å²) >= 11 is 0. The highest BCUT2D eigenvalue weighted by molar-refractivity contribution is 7.95. The third-order valence-corrected chi connectivity index (χ3v) is 19.7. The Morgan fingerprint density at radius 2 is 0.846 bits per heavy atom. The van der Waals surface area contributed by atoms with Crippen LogP contribution in [0.15, 0.2) is 170 Å². The lowest BCUT2D eigenvalue weighted by atomic mass is 9.82. The number of aliphatic imine (C=N–C) groups is 1. The minimum atomic E-state index is -3.26. The minimum Gasteiger partial charge on any atom is -0.411 e. The molecule has 2 amide bonds. The molecule has 0 aromatic rings. The van der Waals surface area contributed by atoms with Crippen LogP contribution in [0, 0.1) is 99.6 Å². The number of ketones is 6. The number of nitrogens with zero attached hydrogens (tertiary/aromatic N) is 7. The first-order valence-corrected chi connectivity index (χ1v) is 48.2. The van der Waals surface area contributed by atoms with Gasteiger partial charge in [-0.25, -0.2) is 21.6 Å². The van der Waals surface area contributed by atoms with Crippen molar-refractivity contribution in [1.29, 1.82) is 21.2 Å². The fraction of sp³-hybridized carbons (Fsp3) is 0.636. The molecule has 5 N–H and O–H groups in total. The topological polar surface area (TPSA) is 396 Å². The molecule has 0 rings (SSSR count). The number of Topliss-reactive ketones (excluding diaryl/α,β-unsaturated/α-hetero) is 2. The number of rotatable bonds is 23. The van der Waals surface area contributed by atoms with Gasteiger partial charge in [0.2, 0.25) is 28.0 Å². The molecule has 0 aliphatic rings. The quantitative estimate of drug-likeness (QED) is 0.0158. The first-order chi connectivity index (χ1) is 59.7. The minimum absolute atomic E-state index is 0. The maximum atomic E-state index is 11.9. The number of aliphatic hydroxyl groups is 1. The van der Waals surface area contributed by atoms with Crippen molar-refractivity contribution in [2.75, 3.05) is 33.8 Å². The second-order valence-corrected chi connectivity index (χ2v) is 49.7. The molecule has 0 unspecified atom stereocenters. The van der Waals surface area contributed by atoms with Gasteiger partial charge in [0.1, 0.15) is 12.1 Å². The van der Waals surface area contributed by atoms with Crippen LogP contribution in [0.5, 0.6) is 0 Å². The molecule has 784 valence electrons. The highest BCUT2D eigenvalue weighted by Gasteiger charge is 2.30. The molecule has 24 nitrogen and oxygen atoms in total. The number of nitrogens with one attached hydrogen (secondary N) is 3. The van der Waals surface area contributed by atoms with Crippen molar-refractivity contribution >= 4 is 83.5 Å². The van der Waals surface area contributed by atoms with Gasteiger partial charge < -0.3 is 30.8 Å². The molecule has 0 bridgehead atoms. The zero-order valence-corrected chi connectivity index (χ0v) is 95.6. The Morgan fingerprint density at radius 1 is 0.478 bits per heavy atom. The normalized spacial score (nSPS) is 12.3. The summed E-state index contributed by atoms with van der Waals surface area (Å²) < 4.78 is 45.1. The lowest BCUT2D eigenvalue weighted by Gasteiger charge is -2.34. The largest absolute Gasteiger partial charge is 0.411 e. The number of aliphatic hydroxyl groups excluding tert-OH is 1. The van der Waals surface area contributed by atoms with Gasteiger partial charge in [-0.2, -0.15) is 20.8 Å². The van der Waals surface area contributed by atoms with Crippen LogP contribution in [-0.2, 0) is 58.2 Å². The number of amides is 2. The van der Waals surface area contributed by atoms with Gasteiger partial charge in [-0.15, -0.1) is 0 Å². The summed E-state index contributed by atoms with van der Waals surface area (Å²) in [5.74, 6) is 0.494. The van der Waals surface area contributed by atoms with Gasteiger partial charge in [-0.1, -0.05) is 330 Å². The van der Waals surface area contributed by atoms with E-state index in [0.29, 0.717) is 18.0 Å². The number of oxime groups is 1. The van der Waals surface area contributed by atoms with E-state index in [1.807, 2.05) is 313 Å². The Hall–Kier alpha value is -9.36. The van der Waals surface area contributed by atoms with Gasteiger partial charge in [0.15, 0.2) is 44.5 Å². The van der Waals surface area contributed by atoms with Crippen molar-refractivity contribution < 1.29 is 65.5 Å². The highest BCUT2D eigenvalue weighted by atomic mass is 32.2. The molecule has 0 aromatic carbocycles. The molecule has 0 spiro atoms. The van der Waals surface area contributed by atoms with Gasteiger partial charge in [0, 0.05) is 95.0 Å². The van der Waals surface area contributed by atoms with E-state index in [-0.39, 0.29) is 132 Å². The molecule has 0 aliphatic heterocycles. The van der Waals surface area contributed by atoms with Crippen LogP contribution in [0.3, 0.4) is 0 Å². The van der Waals surface area contributed by atoms with E-state index in [1.54, 1.807) is 107 Å². The summed E-state index contributed by atoms with van der Waals surface area (Å²) in [4.78, 5) is 96.9. The first kappa shape index (κ1) is 158. The van der Waals surface area contributed by atoms with E-state index >= 15 is 0 Å². The fourth-order valence-electron chi connectivity index (χ4n) is 7.38. The van der Waals surface area contributed by atoms with Gasteiger partial charge >= 0.3 is 0 Å². The molecule has 0 aromatic heterocycles. The predicted molar refractivity (Wildman–Crippen MR) is 583 cm³/mol. The van der Waals surface area contributed by atoms with Gasteiger partial charge in [-0.3, -0.25) is 38.4 Å². The Labute approximate surface area is 833 Å². The van der Waals surface area contributed by atoms with Crippen LogP contribution >= 0.6 is 0 Å². The maximum Gasteiger partial charge on any atom is 0.246 e. The number of hydrogen-bond donors (Lipinski definition) is 5. The second kappa shape index (κ2) is 72.9. The lowest BCUT2D eigenvalue weighted by Crippen LogP contribution is -2.46. The van der Waals surface area contributed by atoms with Crippen molar-refractivity contribution in [1.82, 2.24) is 19.8 Å². The monoisotopic (exact) mass is 1950 g/mol. The molecule has 0 fully saturated rings. The Morgan fingerprint density at radius 3 is 1.00 bits per heavy atom. The van der Waals surface area contributed by atoms with E-state index in [9.17, 15) is 55.2 Å². The number of hydrogen-bond acceptors (Lipinski definition) is 21. The summed E-state index contributed by atoms with van der Waals surface area (Å²) in [5, 5.41) is 58.0. The number of sulfonamides is 1. The predicted octanol–water partition coefficient (Wildman–Crippen LogP) is 26.0. The summed E-state index contributed by atoms with van der Waals surface area (Å²) in [6, 6.07) is 3.96. The van der Waals surface area contributed by atoms with Crippen LogP contribution in [0.2, 0.25) is 0 Å². The molecule has 136 heavy (non-hydrogen) atoms. The number of sulfone groups is 1. The summed E-state index contributed by atoms with van der Waals surface area (Å²) in [7, 11) is -2.38.